The topological polar surface area (TPSA) is 101 Å². The molecule has 0 aliphatic heterocycles. The Morgan fingerprint density at radius 3 is 2.30 bits per heavy atom. The zero-order chi connectivity index (χ0) is 15.3. The van der Waals surface area contributed by atoms with E-state index in [4.69, 9.17) is 5.11 Å². The number of carboxylic acid groups (broad SMARTS) is 1. The monoisotopic (exact) mass is 411 g/mol. The minimum Gasteiger partial charge on any atom is -0.480 e. The van der Waals surface area contributed by atoms with Crippen LogP contribution in [-0.2, 0) is 25.2 Å². The number of nitrogens with one attached hydrogen (secondary N) is 1. The Labute approximate surface area is 130 Å². The van der Waals surface area contributed by atoms with Crippen molar-refractivity contribution in [3.05, 3.63) is 33.4 Å². The van der Waals surface area contributed by atoms with Crippen LogP contribution in [0.15, 0.2) is 24.3 Å². The maximum atomic E-state index is 12.0. The van der Waals surface area contributed by atoms with Gasteiger partial charge in [-0.05, 0) is 40.3 Å². The van der Waals surface area contributed by atoms with Crippen molar-refractivity contribution in [1.82, 2.24) is 5.32 Å². The molecule has 0 fully saturated rings. The van der Waals surface area contributed by atoms with Crippen molar-refractivity contribution in [2.24, 2.45) is 0 Å². The molecule has 1 aromatic carbocycles. The molecule has 0 aromatic heterocycles. The molecule has 0 saturated heterocycles. The number of halogens is 1. The van der Waals surface area contributed by atoms with Crippen molar-refractivity contribution in [2.45, 2.75) is 18.7 Å². The summed E-state index contributed by atoms with van der Waals surface area (Å²) in [7, 11) is -3.64. The molecule has 20 heavy (non-hydrogen) atoms. The molecular weight excluding hydrogens is 397 g/mol. The Morgan fingerprint density at radius 1 is 1.30 bits per heavy atom. The molecule has 1 unspecified atom stereocenters. The van der Waals surface area contributed by atoms with Crippen LogP contribution in [0.5, 0.6) is 0 Å². The third kappa shape index (κ3) is 5.87. The Balaban J connectivity index is 2.79. The van der Waals surface area contributed by atoms with Gasteiger partial charge in [0.25, 0.3) is 0 Å². The van der Waals surface area contributed by atoms with Crippen molar-refractivity contribution < 1.29 is 23.1 Å². The van der Waals surface area contributed by atoms with Crippen LogP contribution in [0.4, 0.5) is 0 Å². The molecule has 1 atom stereocenters. The number of carbonyl (C=O) groups is 2. The number of benzene rings is 1. The first kappa shape index (κ1) is 16.9. The average Bonchev–Trinajstić information content (AvgIpc) is 2.30. The van der Waals surface area contributed by atoms with Crippen LogP contribution >= 0.6 is 22.6 Å². The Kier molecular flexibility index (Phi) is 5.93. The summed E-state index contributed by atoms with van der Waals surface area (Å²) in [4.78, 5) is 21.8. The van der Waals surface area contributed by atoms with E-state index in [0.29, 0.717) is 5.56 Å². The van der Waals surface area contributed by atoms with Crippen LogP contribution in [0.1, 0.15) is 12.5 Å². The molecule has 0 bridgehead atoms. The smallest absolute Gasteiger partial charge is 0.327 e. The number of carboxylic acids is 1. The third-order valence-corrected chi connectivity index (χ3v) is 4.73. The quantitative estimate of drug-likeness (QED) is 0.675. The summed E-state index contributed by atoms with van der Waals surface area (Å²) in [5.74, 6) is -2.84. The largest absolute Gasteiger partial charge is 0.480 e. The summed E-state index contributed by atoms with van der Waals surface area (Å²) < 4.78 is 24.9. The van der Waals surface area contributed by atoms with E-state index in [1.165, 1.54) is 0 Å². The first-order valence-corrected chi connectivity index (χ1v) is 8.54. The second-order valence-corrected chi connectivity index (χ2v) is 7.63. The fourth-order valence-corrected chi connectivity index (χ4v) is 3.48. The highest BCUT2D eigenvalue weighted by molar-refractivity contribution is 14.1. The molecule has 0 heterocycles. The normalized spacial score (nSPS) is 12.7. The summed E-state index contributed by atoms with van der Waals surface area (Å²) in [6, 6.07) is 5.46. The molecule has 2 N–H and O–H groups in total. The van der Waals surface area contributed by atoms with Gasteiger partial charge in [-0.15, -0.1) is 0 Å². The fraction of sp³-hybridized carbons (Fsp3) is 0.333. The van der Waals surface area contributed by atoms with Crippen molar-refractivity contribution in [3.63, 3.8) is 0 Å². The molecule has 1 aromatic rings. The molecule has 0 radical (unpaired) electrons. The van der Waals surface area contributed by atoms with Gasteiger partial charge in [-0.2, -0.15) is 0 Å². The number of carbonyl (C=O) groups excluding carboxylic acids is 1. The SMILES string of the molecule is CC(=O)NC(CS(=O)(=O)Cc1ccc(I)cc1)C(=O)O. The van der Waals surface area contributed by atoms with Gasteiger partial charge in [-0.25, -0.2) is 13.2 Å². The molecule has 0 saturated carbocycles. The lowest BCUT2D eigenvalue weighted by Gasteiger charge is -2.13. The number of rotatable bonds is 6. The lowest BCUT2D eigenvalue weighted by atomic mass is 10.2. The maximum Gasteiger partial charge on any atom is 0.327 e. The second kappa shape index (κ2) is 7.02. The number of hydrogen-bond donors (Lipinski definition) is 2. The molecule has 6 nitrogen and oxygen atoms in total. The third-order valence-electron chi connectivity index (χ3n) is 2.40. The van der Waals surface area contributed by atoms with Crippen LogP contribution in [0, 0.1) is 3.57 Å². The van der Waals surface area contributed by atoms with Gasteiger partial charge in [0.1, 0.15) is 6.04 Å². The first-order valence-electron chi connectivity index (χ1n) is 5.64. The highest BCUT2D eigenvalue weighted by Gasteiger charge is 2.26. The van der Waals surface area contributed by atoms with Gasteiger partial charge < -0.3 is 10.4 Å². The average molecular weight is 411 g/mol. The van der Waals surface area contributed by atoms with Gasteiger partial charge in [0, 0.05) is 10.5 Å². The number of sulfone groups is 1. The standard InChI is InChI=1S/C12H14INO5S/c1-8(15)14-11(12(16)17)7-20(18,19)6-9-2-4-10(13)5-3-9/h2-5,11H,6-7H2,1H3,(H,14,15)(H,16,17). The van der Waals surface area contributed by atoms with E-state index in [1.54, 1.807) is 24.3 Å². The van der Waals surface area contributed by atoms with Crippen molar-refractivity contribution in [2.75, 3.05) is 5.75 Å². The summed E-state index contributed by atoms with van der Waals surface area (Å²) in [6.45, 7) is 1.14. The van der Waals surface area contributed by atoms with Crippen molar-refractivity contribution in [1.29, 1.82) is 0 Å². The summed E-state index contributed by atoms with van der Waals surface area (Å²) in [6.07, 6.45) is 0. The minimum absolute atomic E-state index is 0.257. The first-order chi connectivity index (χ1) is 9.19. The minimum atomic E-state index is -3.64. The van der Waals surface area contributed by atoms with E-state index >= 15 is 0 Å². The molecular formula is C12H14INO5S. The lowest BCUT2D eigenvalue weighted by Crippen LogP contribution is -2.44. The van der Waals surface area contributed by atoms with E-state index in [1.807, 2.05) is 0 Å². The van der Waals surface area contributed by atoms with E-state index in [0.717, 1.165) is 10.5 Å². The predicted molar refractivity (Wildman–Crippen MR) is 81.9 cm³/mol. The van der Waals surface area contributed by atoms with Gasteiger partial charge >= 0.3 is 5.97 Å². The van der Waals surface area contributed by atoms with Crippen molar-refractivity contribution >= 4 is 44.3 Å². The zero-order valence-corrected chi connectivity index (χ0v) is 13.6. The van der Waals surface area contributed by atoms with Gasteiger partial charge in [-0.3, -0.25) is 4.79 Å². The number of aliphatic carboxylic acids is 1. The number of hydrogen-bond acceptors (Lipinski definition) is 4. The molecule has 0 aliphatic carbocycles. The predicted octanol–water partition coefficient (Wildman–Crippen LogP) is 0.795. The van der Waals surface area contributed by atoms with Crippen LogP contribution in [0.25, 0.3) is 0 Å². The van der Waals surface area contributed by atoms with Gasteiger partial charge in [0.2, 0.25) is 5.91 Å². The molecule has 1 amide bonds. The lowest BCUT2D eigenvalue weighted by molar-refractivity contribution is -0.140. The second-order valence-electron chi connectivity index (χ2n) is 4.27. The van der Waals surface area contributed by atoms with Gasteiger partial charge in [-0.1, -0.05) is 12.1 Å². The molecule has 110 valence electrons. The fourth-order valence-electron chi connectivity index (χ4n) is 1.57. The van der Waals surface area contributed by atoms with E-state index in [2.05, 4.69) is 27.9 Å². The summed E-state index contributed by atoms with van der Waals surface area (Å²) in [5, 5.41) is 11.0. The Hall–Kier alpha value is -1.16. The molecule has 8 heteroatoms. The highest BCUT2D eigenvalue weighted by Crippen LogP contribution is 2.11. The molecule has 0 spiro atoms. The highest BCUT2D eigenvalue weighted by atomic mass is 127. The van der Waals surface area contributed by atoms with E-state index < -0.39 is 33.5 Å². The molecule has 1 rings (SSSR count). The van der Waals surface area contributed by atoms with Crippen LogP contribution in [-0.4, -0.2) is 37.2 Å². The summed E-state index contributed by atoms with van der Waals surface area (Å²) >= 11 is 2.10. The Bertz CT molecular complexity index is 597. The van der Waals surface area contributed by atoms with Gasteiger partial charge in [0.15, 0.2) is 9.84 Å². The van der Waals surface area contributed by atoms with Crippen LogP contribution in [0.2, 0.25) is 0 Å². The zero-order valence-electron chi connectivity index (χ0n) is 10.7. The van der Waals surface area contributed by atoms with Crippen LogP contribution < -0.4 is 5.32 Å². The van der Waals surface area contributed by atoms with E-state index in [9.17, 15) is 18.0 Å². The van der Waals surface area contributed by atoms with E-state index in [-0.39, 0.29) is 5.75 Å². The van der Waals surface area contributed by atoms with Gasteiger partial charge in [0.05, 0.1) is 11.5 Å². The maximum absolute atomic E-state index is 12.0. The van der Waals surface area contributed by atoms with Crippen LogP contribution in [0.3, 0.4) is 0 Å². The summed E-state index contributed by atoms with van der Waals surface area (Å²) in [5.41, 5.74) is 0.581. The van der Waals surface area contributed by atoms with Crippen molar-refractivity contribution in [3.8, 4) is 0 Å². The number of amides is 1. The Morgan fingerprint density at radius 2 is 1.85 bits per heavy atom. The molecule has 0 aliphatic rings.